The molecule has 0 aliphatic rings. The molecule has 3 rings (SSSR count). The van der Waals surface area contributed by atoms with Crippen LogP contribution in [-0.2, 0) is 16.6 Å². The largest absolute Gasteiger partial charge is 0.459 e. The Kier molecular flexibility index (Phi) is 5.99. The maximum atomic E-state index is 12.5. The highest BCUT2D eigenvalue weighted by Gasteiger charge is 2.13. The minimum Gasteiger partial charge on any atom is -0.459 e. The molecular formula is C20H19N3O5S. The number of furan rings is 1. The number of benzene rings is 2. The lowest BCUT2D eigenvalue weighted by atomic mass is 10.1. The van der Waals surface area contributed by atoms with E-state index < -0.39 is 15.9 Å². The van der Waals surface area contributed by atoms with Gasteiger partial charge in [-0.1, -0.05) is 24.3 Å². The number of sulfonamides is 1. The number of rotatable bonds is 7. The predicted octanol–water partition coefficient (Wildman–Crippen LogP) is 2.83. The number of carbonyl (C=O) groups is 2. The van der Waals surface area contributed by atoms with Gasteiger partial charge in [-0.15, -0.1) is 0 Å². The molecule has 0 fully saturated rings. The molecule has 2 amide bonds. The molecule has 3 aromatic rings. The third kappa shape index (κ3) is 5.69. The van der Waals surface area contributed by atoms with Crippen LogP contribution in [-0.4, -0.2) is 26.5 Å². The average molecular weight is 413 g/mol. The zero-order valence-corrected chi connectivity index (χ0v) is 16.3. The van der Waals surface area contributed by atoms with Crippen LogP contribution >= 0.6 is 0 Å². The second-order valence-electron chi connectivity index (χ2n) is 6.23. The van der Waals surface area contributed by atoms with E-state index in [1.165, 1.54) is 18.4 Å². The summed E-state index contributed by atoms with van der Waals surface area (Å²) in [5.74, 6) is -0.555. The molecule has 3 N–H and O–H groups in total. The Morgan fingerprint density at radius 1 is 0.931 bits per heavy atom. The summed E-state index contributed by atoms with van der Waals surface area (Å²) < 4.78 is 30.3. The molecular weight excluding hydrogens is 394 g/mol. The van der Waals surface area contributed by atoms with Crippen molar-refractivity contribution in [3.63, 3.8) is 0 Å². The van der Waals surface area contributed by atoms with Crippen LogP contribution in [0.4, 0.5) is 11.4 Å². The normalized spacial score (nSPS) is 10.9. The van der Waals surface area contributed by atoms with Gasteiger partial charge in [0.25, 0.3) is 11.8 Å². The first-order valence-electron chi connectivity index (χ1n) is 8.60. The quantitative estimate of drug-likeness (QED) is 0.551. The van der Waals surface area contributed by atoms with Gasteiger partial charge < -0.3 is 15.1 Å². The molecule has 0 saturated heterocycles. The average Bonchev–Trinajstić information content (AvgIpc) is 3.21. The van der Waals surface area contributed by atoms with Crippen molar-refractivity contribution in [2.75, 3.05) is 16.3 Å². The van der Waals surface area contributed by atoms with Gasteiger partial charge in [0.1, 0.15) is 0 Å². The molecule has 0 atom stereocenters. The van der Waals surface area contributed by atoms with Crippen molar-refractivity contribution in [3.8, 4) is 0 Å². The molecule has 0 bridgehead atoms. The lowest BCUT2D eigenvalue weighted by Crippen LogP contribution is -2.24. The van der Waals surface area contributed by atoms with Crippen molar-refractivity contribution in [2.24, 2.45) is 0 Å². The molecule has 8 nitrogen and oxygen atoms in total. The van der Waals surface area contributed by atoms with E-state index in [1.54, 1.807) is 48.5 Å². The van der Waals surface area contributed by atoms with Gasteiger partial charge in [-0.05, 0) is 42.0 Å². The van der Waals surface area contributed by atoms with Crippen LogP contribution < -0.4 is 15.4 Å². The molecule has 0 aliphatic carbocycles. The number of hydrogen-bond donors (Lipinski definition) is 3. The van der Waals surface area contributed by atoms with E-state index in [2.05, 4.69) is 15.4 Å². The van der Waals surface area contributed by atoms with Crippen molar-refractivity contribution < 1.29 is 22.4 Å². The number of para-hydroxylation sites is 1. The molecule has 0 spiro atoms. The molecule has 1 aromatic heterocycles. The van der Waals surface area contributed by atoms with Gasteiger partial charge in [0.05, 0.1) is 23.8 Å². The molecule has 0 saturated carbocycles. The Bertz CT molecular complexity index is 1110. The van der Waals surface area contributed by atoms with Crippen molar-refractivity contribution in [1.29, 1.82) is 0 Å². The Labute approximate surface area is 168 Å². The Morgan fingerprint density at radius 2 is 1.66 bits per heavy atom. The fourth-order valence-electron chi connectivity index (χ4n) is 2.55. The third-order valence-corrected chi connectivity index (χ3v) is 4.47. The van der Waals surface area contributed by atoms with E-state index in [1.807, 2.05) is 0 Å². The molecule has 0 radical (unpaired) electrons. The lowest BCUT2D eigenvalue weighted by molar-refractivity contribution is 0.0950. The number of amides is 2. The van der Waals surface area contributed by atoms with E-state index in [4.69, 9.17) is 4.42 Å². The summed E-state index contributed by atoms with van der Waals surface area (Å²) in [5, 5.41) is 5.45. The van der Waals surface area contributed by atoms with Crippen molar-refractivity contribution in [2.45, 2.75) is 6.54 Å². The number of carbonyl (C=O) groups excluding carboxylic acids is 2. The van der Waals surface area contributed by atoms with E-state index in [0.717, 1.165) is 11.8 Å². The third-order valence-electron chi connectivity index (χ3n) is 3.88. The Balaban J connectivity index is 1.60. The second kappa shape index (κ2) is 8.61. The van der Waals surface area contributed by atoms with Gasteiger partial charge in [-0.3, -0.25) is 14.3 Å². The maximum Gasteiger partial charge on any atom is 0.291 e. The lowest BCUT2D eigenvalue weighted by Gasteiger charge is -2.11. The summed E-state index contributed by atoms with van der Waals surface area (Å²) in [4.78, 5) is 24.4. The van der Waals surface area contributed by atoms with Crippen molar-refractivity contribution in [3.05, 3.63) is 83.8 Å². The van der Waals surface area contributed by atoms with Crippen LogP contribution in [0.2, 0.25) is 0 Å². The van der Waals surface area contributed by atoms with E-state index in [9.17, 15) is 18.0 Å². The van der Waals surface area contributed by atoms with Gasteiger partial charge >= 0.3 is 0 Å². The summed E-state index contributed by atoms with van der Waals surface area (Å²) in [5.41, 5.74) is 1.83. The molecule has 1 heterocycles. The first-order chi connectivity index (χ1) is 13.8. The Morgan fingerprint density at radius 3 is 2.31 bits per heavy atom. The van der Waals surface area contributed by atoms with Crippen molar-refractivity contribution in [1.82, 2.24) is 5.32 Å². The topological polar surface area (TPSA) is 118 Å². The summed E-state index contributed by atoms with van der Waals surface area (Å²) in [7, 11) is -3.50. The summed E-state index contributed by atoms with van der Waals surface area (Å²) in [6.45, 7) is 0.235. The standard InChI is InChI=1S/C20H19N3O5S/c1-29(26,27)23-17-6-3-2-5-16(17)19(24)21-13-14-8-10-15(11-9-14)22-20(25)18-7-4-12-28-18/h2-12,23H,13H2,1H3,(H,21,24)(H,22,25). The highest BCUT2D eigenvalue weighted by atomic mass is 32.2. The fourth-order valence-corrected chi connectivity index (χ4v) is 3.13. The van der Waals surface area contributed by atoms with E-state index in [-0.39, 0.29) is 29.5 Å². The first-order valence-corrected chi connectivity index (χ1v) is 10.5. The van der Waals surface area contributed by atoms with Gasteiger partial charge in [0.2, 0.25) is 10.0 Å². The van der Waals surface area contributed by atoms with Crippen LogP contribution in [0, 0.1) is 0 Å². The molecule has 0 aliphatic heterocycles. The fraction of sp³-hybridized carbons (Fsp3) is 0.100. The van der Waals surface area contributed by atoms with Gasteiger partial charge in [-0.25, -0.2) is 8.42 Å². The van der Waals surface area contributed by atoms with E-state index in [0.29, 0.717) is 5.69 Å². The molecule has 0 unspecified atom stereocenters. The van der Waals surface area contributed by atoms with Crippen LogP contribution in [0.1, 0.15) is 26.5 Å². The zero-order chi connectivity index (χ0) is 20.9. The number of hydrogen-bond acceptors (Lipinski definition) is 5. The van der Waals surface area contributed by atoms with Gasteiger partial charge in [0.15, 0.2) is 5.76 Å². The SMILES string of the molecule is CS(=O)(=O)Nc1ccccc1C(=O)NCc1ccc(NC(=O)c2ccco2)cc1. The first kappa shape index (κ1) is 20.2. The van der Waals surface area contributed by atoms with Gasteiger partial charge in [-0.2, -0.15) is 0 Å². The Hall–Kier alpha value is -3.59. The number of nitrogens with one attached hydrogen (secondary N) is 3. The monoisotopic (exact) mass is 413 g/mol. The maximum absolute atomic E-state index is 12.5. The molecule has 29 heavy (non-hydrogen) atoms. The van der Waals surface area contributed by atoms with Crippen LogP contribution in [0.5, 0.6) is 0 Å². The minimum absolute atomic E-state index is 0.211. The van der Waals surface area contributed by atoms with Crippen LogP contribution in [0.3, 0.4) is 0 Å². The molecule has 2 aromatic carbocycles. The zero-order valence-electron chi connectivity index (χ0n) is 15.5. The van der Waals surface area contributed by atoms with Crippen LogP contribution in [0.15, 0.2) is 71.3 Å². The second-order valence-corrected chi connectivity index (χ2v) is 7.98. The van der Waals surface area contributed by atoms with Gasteiger partial charge in [0, 0.05) is 12.2 Å². The van der Waals surface area contributed by atoms with E-state index >= 15 is 0 Å². The molecule has 150 valence electrons. The highest BCUT2D eigenvalue weighted by molar-refractivity contribution is 7.92. The molecule has 9 heteroatoms. The minimum atomic E-state index is -3.50. The smallest absolute Gasteiger partial charge is 0.291 e. The predicted molar refractivity (Wildman–Crippen MR) is 109 cm³/mol. The summed E-state index contributed by atoms with van der Waals surface area (Å²) >= 11 is 0. The van der Waals surface area contributed by atoms with Crippen molar-refractivity contribution >= 4 is 33.2 Å². The summed E-state index contributed by atoms with van der Waals surface area (Å²) in [6.07, 6.45) is 2.44. The highest BCUT2D eigenvalue weighted by Crippen LogP contribution is 2.17. The summed E-state index contributed by atoms with van der Waals surface area (Å²) in [6, 6.07) is 16.5. The number of anilines is 2. The van der Waals surface area contributed by atoms with Crippen LogP contribution in [0.25, 0.3) is 0 Å².